The smallest absolute Gasteiger partial charge is 0.246 e. The highest BCUT2D eigenvalue weighted by atomic mass is 33.1. The Bertz CT molecular complexity index is 2610. The van der Waals surface area contributed by atoms with Gasteiger partial charge in [0.1, 0.15) is 42.3 Å². The lowest BCUT2D eigenvalue weighted by Crippen LogP contribution is -2.66. The molecule has 440 valence electrons. The van der Waals surface area contributed by atoms with Crippen LogP contribution in [0, 0.1) is 11.8 Å². The summed E-state index contributed by atoms with van der Waals surface area (Å²) in [6.07, 6.45) is 3.64. The van der Waals surface area contributed by atoms with Crippen molar-refractivity contribution in [1.82, 2.24) is 41.3 Å². The molecule has 4 saturated heterocycles. The monoisotopic (exact) mass is 1160 g/mol. The Hall–Kier alpha value is -7.42. The van der Waals surface area contributed by atoms with E-state index in [-0.39, 0.29) is 94.0 Å². The highest BCUT2D eigenvalue weighted by molar-refractivity contribution is 8.76. The van der Waals surface area contributed by atoms with Crippen molar-refractivity contribution >= 4 is 92.5 Å². The second-order valence-electron chi connectivity index (χ2n) is 20.8. The Balaban J connectivity index is 1.38. The number of nitrogens with zero attached hydrogens (tertiary/aromatic N) is 4. The molecule has 2 aromatic carbocycles. The third-order valence-corrected chi connectivity index (χ3v) is 17.4. The average molecular weight is 1160 g/mol. The van der Waals surface area contributed by atoms with Gasteiger partial charge in [-0.15, -0.1) is 0 Å². The van der Waals surface area contributed by atoms with Crippen LogP contribution in [0.5, 0.6) is 0 Å². The van der Waals surface area contributed by atoms with Gasteiger partial charge in [-0.05, 0) is 62.0 Å². The van der Waals surface area contributed by atoms with Crippen LogP contribution in [0.25, 0.3) is 0 Å². The van der Waals surface area contributed by atoms with E-state index in [9.17, 15) is 43.2 Å². The fraction of sp³-hybridized carbons (Fsp3) is 0.556. The van der Waals surface area contributed by atoms with Gasteiger partial charge in [0, 0.05) is 56.9 Å². The van der Waals surface area contributed by atoms with Crippen molar-refractivity contribution in [3.63, 3.8) is 0 Å². The molecule has 8 atom stereocenters. The molecular formula is C54H76N14O11S2. The van der Waals surface area contributed by atoms with Gasteiger partial charge in [-0.1, -0.05) is 102 Å². The summed E-state index contributed by atoms with van der Waals surface area (Å²) in [7, 11) is 2.48. The Labute approximate surface area is 478 Å². The molecule has 4 aliphatic heterocycles. The van der Waals surface area contributed by atoms with E-state index in [0.29, 0.717) is 12.0 Å². The average Bonchev–Trinajstić information content (AvgIpc) is 3.98. The molecule has 0 unspecified atom stereocenters. The van der Waals surface area contributed by atoms with Crippen molar-refractivity contribution in [1.29, 1.82) is 0 Å². The number of nitrogens with two attached hydrogens (primary N) is 5. The van der Waals surface area contributed by atoms with Crippen LogP contribution in [-0.4, -0.2) is 172 Å². The highest BCUT2D eigenvalue weighted by Gasteiger charge is 2.46. The normalized spacial score (nSPS) is 24.0. The maximum Gasteiger partial charge on any atom is 0.246 e. The van der Waals surface area contributed by atoms with Gasteiger partial charge in [0.05, 0.1) is 18.9 Å². The second-order valence-corrected chi connectivity index (χ2v) is 23.3. The van der Waals surface area contributed by atoms with Gasteiger partial charge in [0.2, 0.25) is 65.0 Å². The number of nitrogens with one attached hydrogen (secondary N) is 5. The van der Waals surface area contributed by atoms with Gasteiger partial charge in [0.25, 0.3) is 0 Å². The van der Waals surface area contributed by atoms with Crippen LogP contribution in [0.2, 0.25) is 0 Å². The van der Waals surface area contributed by atoms with E-state index in [1.54, 1.807) is 35.2 Å². The SMILES string of the molecule is NC(=O)CC[C@@H]1NC(=O)[C@H](Cc2ccccc2)N2CCN(C(=O)[C@H](C3CCCCC3)CSSC[C@H](C(=O)N3CCC[C@H]3C(=O)N[C@@H](CCCN=C(N)N)C(=O)NCC(N)=O)NC(=O)[C@H](CC(N)=O)NC1=O)[C@@H](Cc1ccccc1)C2=O. The van der Waals surface area contributed by atoms with Crippen molar-refractivity contribution in [2.75, 3.05) is 44.2 Å². The van der Waals surface area contributed by atoms with Gasteiger partial charge in [-0.25, -0.2) is 0 Å². The van der Waals surface area contributed by atoms with Crippen LogP contribution in [0.4, 0.5) is 0 Å². The van der Waals surface area contributed by atoms with E-state index < -0.39 is 127 Å². The minimum absolute atomic E-state index is 0.0115. The zero-order valence-electron chi connectivity index (χ0n) is 45.3. The van der Waals surface area contributed by atoms with Crippen LogP contribution >= 0.6 is 21.6 Å². The molecule has 7 rings (SSSR count). The molecule has 27 heteroatoms. The number of primary amides is 3. The van der Waals surface area contributed by atoms with E-state index in [2.05, 4.69) is 31.6 Å². The standard InChI is InChI=1S/C54H76N14O11S2/c55-43(69)21-20-37-47(73)64-38(28-44(56)70)48(74)65-39(52(78)66-23-11-19-40(66)49(75)62-36(18-10-22-60-54(58)59)46(72)61-29-45(57)71)31-81-80-30-35(34-16-8-3-9-17-34)51(77)68-25-24-67(53(79)42(68)27-33-14-6-2-7-15-33)41(50(76)63-37)26-32-12-4-1-5-13-32/h1-2,4-7,12-15,34-42H,3,8-11,16-31H2,(H2,55,69)(H2,56,70)(H2,57,71)(H,61,72)(H,62,75)(H,63,76)(H,64,73)(H,65,74)(H4,58,59,60)/t35-,36-,37-,38-,39+,40-,41-,42-/m0/s1. The van der Waals surface area contributed by atoms with E-state index >= 15 is 9.59 Å². The molecule has 11 amide bonds. The van der Waals surface area contributed by atoms with E-state index in [4.69, 9.17) is 28.7 Å². The summed E-state index contributed by atoms with van der Waals surface area (Å²) in [6.45, 7) is -0.321. The maximum atomic E-state index is 15.4. The van der Waals surface area contributed by atoms with Crippen molar-refractivity contribution in [2.24, 2.45) is 45.5 Å². The summed E-state index contributed by atoms with van der Waals surface area (Å²) < 4.78 is 0. The topological polar surface area (TPSA) is 400 Å². The van der Waals surface area contributed by atoms with Crippen molar-refractivity contribution < 1.29 is 52.7 Å². The third kappa shape index (κ3) is 18.6. The molecule has 2 bridgehead atoms. The van der Waals surface area contributed by atoms with Crippen molar-refractivity contribution in [3.05, 3.63) is 71.8 Å². The summed E-state index contributed by atoms with van der Waals surface area (Å²) in [5.41, 5.74) is 28.9. The Kier molecular flexibility index (Phi) is 24.0. The minimum Gasteiger partial charge on any atom is -0.370 e. The zero-order chi connectivity index (χ0) is 58.6. The quantitative estimate of drug-likeness (QED) is 0.0230. The lowest BCUT2D eigenvalue weighted by molar-refractivity contribution is -0.158. The van der Waals surface area contributed by atoms with Crippen LogP contribution < -0.4 is 55.3 Å². The molecule has 5 fully saturated rings. The van der Waals surface area contributed by atoms with E-state index in [0.717, 1.165) is 37.7 Å². The number of aliphatic imine (C=N–C) groups is 1. The van der Waals surface area contributed by atoms with Gasteiger partial charge >= 0.3 is 0 Å². The van der Waals surface area contributed by atoms with E-state index in [1.165, 1.54) is 31.4 Å². The first-order valence-electron chi connectivity index (χ1n) is 27.4. The molecule has 5 aliphatic rings. The summed E-state index contributed by atoms with van der Waals surface area (Å²) in [4.78, 5) is 162. The number of hydrogen-bond acceptors (Lipinski definition) is 14. The number of carbonyl (C=O) groups excluding carboxylic acids is 11. The molecule has 4 heterocycles. The largest absolute Gasteiger partial charge is 0.370 e. The van der Waals surface area contributed by atoms with Crippen LogP contribution in [-0.2, 0) is 65.6 Å². The van der Waals surface area contributed by atoms with Gasteiger partial charge in [-0.3, -0.25) is 57.7 Å². The Morgan fingerprint density at radius 3 is 1.88 bits per heavy atom. The molecule has 2 aromatic rings. The van der Waals surface area contributed by atoms with E-state index in [1.807, 2.05) is 30.3 Å². The second kappa shape index (κ2) is 31.0. The number of likely N-dealkylation sites (tertiary alicyclic amines) is 1. The molecule has 81 heavy (non-hydrogen) atoms. The molecule has 1 saturated carbocycles. The summed E-state index contributed by atoms with van der Waals surface area (Å²) in [5, 5.41) is 13.0. The minimum atomic E-state index is -1.75. The van der Waals surface area contributed by atoms with Crippen molar-refractivity contribution in [3.8, 4) is 0 Å². The predicted molar refractivity (Wildman–Crippen MR) is 303 cm³/mol. The lowest BCUT2D eigenvalue weighted by atomic mass is 9.79. The molecule has 25 nitrogen and oxygen atoms in total. The number of benzene rings is 2. The van der Waals surface area contributed by atoms with Gasteiger partial charge < -0.3 is 70.0 Å². The van der Waals surface area contributed by atoms with Crippen LogP contribution in [0.3, 0.4) is 0 Å². The first-order valence-corrected chi connectivity index (χ1v) is 29.9. The molecule has 1 aliphatic carbocycles. The molecule has 0 aromatic heterocycles. The van der Waals surface area contributed by atoms with Crippen LogP contribution in [0.1, 0.15) is 88.2 Å². The summed E-state index contributed by atoms with van der Waals surface area (Å²) in [5.74, 6) is -9.11. The van der Waals surface area contributed by atoms with Gasteiger partial charge in [0.15, 0.2) is 5.96 Å². The fourth-order valence-corrected chi connectivity index (χ4v) is 13.3. The van der Waals surface area contributed by atoms with Crippen LogP contribution in [0.15, 0.2) is 65.7 Å². The molecule has 15 N–H and O–H groups in total. The third-order valence-electron chi connectivity index (χ3n) is 15.0. The Morgan fingerprint density at radius 2 is 1.26 bits per heavy atom. The number of guanidine groups is 1. The first-order chi connectivity index (χ1) is 38.8. The number of fused-ring (bicyclic) bond motifs is 17. The zero-order valence-corrected chi connectivity index (χ0v) is 46.9. The first kappa shape index (κ1) is 62.8. The lowest BCUT2D eigenvalue weighted by Gasteiger charge is -2.45. The number of amides is 11. The Morgan fingerprint density at radius 1 is 0.654 bits per heavy atom. The van der Waals surface area contributed by atoms with Gasteiger partial charge in [-0.2, -0.15) is 0 Å². The fourth-order valence-electron chi connectivity index (χ4n) is 10.8. The number of rotatable bonds is 20. The molecule has 0 radical (unpaired) electrons. The number of piperazine rings is 1. The predicted octanol–water partition coefficient (Wildman–Crippen LogP) is -1.80. The number of carbonyl (C=O) groups is 11. The summed E-state index contributed by atoms with van der Waals surface area (Å²) in [6, 6.07) is 8.75. The maximum absolute atomic E-state index is 15.4. The highest BCUT2D eigenvalue weighted by Crippen LogP contribution is 2.37. The molecular weight excluding hydrogens is 1080 g/mol. The summed E-state index contributed by atoms with van der Waals surface area (Å²) >= 11 is 0. The molecule has 0 spiro atoms. The number of hydrogen-bond donors (Lipinski definition) is 10. The van der Waals surface area contributed by atoms with Crippen molar-refractivity contribution in [2.45, 2.75) is 132 Å².